The first kappa shape index (κ1) is 20.0. The minimum Gasteiger partial charge on any atom is -0.454 e. The smallest absolute Gasteiger partial charge is 0.266 e. The summed E-state index contributed by atoms with van der Waals surface area (Å²) in [6, 6.07) is 7.51. The van der Waals surface area contributed by atoms with Gasteiger partial charge >= 0.3 is 0 Å². The number of thiazole rings is 1. The number of hydrogen-bond donors (Lipinski definition) is 1. The van der Waals surface area contributed by atoms with Gasteiger partial charge in [0.15, 0.2) is 16.7 Å². The number of anilines is 1. The first-order chi connectivity index (χ1) is 13.2. The molecule has 0 aliphatic heterocycles. The predicted octanol–water partition coefficient (Wildman–Crippen LogP) is 4.85. The molecular formula is C17H10ClF2N3O3S2. The first-order valence-electron chi connectivity index (χ1n) is 7.51. The van der Waals surface area contributed by atoms with E-state index in [0.717, 1.165) is 11.3 Å². The fourth-order valence-electron chi connectivity index (χ4n) is 2.22. The normalized spacial score (nSPS) is 11.1. The first-order valence-corrected chi connectivity index (χ1v) is 10.2. The van der Waals surface area contributed by atoms with Gasteiger partial charge in [0.25, 0.3) is 10.0 Å². The Labute approximate surface area is 168 Å². The zero-order valence-electron chi connectivity index (χ0n) is 14.0. The number of rotatable bonds is 5. The molecule has 0 spiro atoms. The maximum absolute atomic E-state index is 14.4. The van der Waals surface area contributed by atoms with E-state index in [1.54, 1.807) is 6.92 Å². The molecule has 0 aliphatic carbocycles. The maximum Gasteiger partial charge on any atom is 0.266 e. The molecular weight excluding hydrogens is 432 g/mol. The Morgan fingerprint density at radius 2 is 1.96 bits per heavy atom. The zero-order valence-corrected chi connectivity index (χ0v) is 16.4. The summed E-state index contributed by atoms with van der Waals surface area (Å²) in [5, 5.41) is 8.78. The third kappa shape index (κ3) is 4.22. The van der Waals surface area contributed by atoms with Gasteiger partial charge in [-0.2, -0.15) is 5.26 Å². The second-order valence-electron chi connectivity index (χ2n) is 5.48. The van der Waals surface area contributed by atoms with Crippen molar-refractivity contribution in [3.63, 3.8) is 0 Å². The van der Waals surface area contributed by atoms with Crippen LogP contribution in [0.15, 0.2) is 41.4 Å². The summed E-state index contributed by atoms with van der Waals surface area (Å²) >= 11 is 6.50. The van der Waals surface area contributed by atoms with Gasteiger partial charge in [0.05, 0.1) is 17.8 Å². The molecule has 28 heavy (non-hydrogen) atoms. The van der Waals surface area contributed by atoms with Gasteiger partial charge in [0, 0.05) is 12.1 Å². The molecule has 0 bridgehead atoms. The maximum atomic E-state index is 14.4. The molecule has 2 aromatic carbocycles. The minimum absolute atomic E-state index is 0.0849. The summed E-state index contributed by atoms with van der Waals surface area (Å²) in [6.07, 6.45) is 1.22. The summed E-state index contributed by atoms with van der Waals surface area (Å²) in [7, 11) is -4.43. The molecule has 1 heterocycles. The fraction of sp³-hybridized carbons (Fsp3) is 0.0588. The van der Waals surface area contributed by atoms with Gasteiger partial charge in [-0.25, -0.2) is 22.2 Å². The Hall–Kier alpha value is -2.74. The molecule has 3 rings (SSSR count). The molecule has 11 heteroatoms. The van der Waals surface area contributed by atoms with Crippen LogP contribution in [0.5, 0.6) is 11.5 Å². The zero-order chi connectivity index (χ0) is 20.5. The van der Waals surface area contributed by atoms with Crippen LogP contribution < -0.4 is 9.46 Å². The van der Waals surface area contributed by atoms with Gasteiger partial charge in [-0.1, -0.05) is 22.9 Å². The number of hydrogen-bond acceptors (Lipinski definition) is 6. The summed E-state index contributed by atoms with van der Waals surface area (Å²) in [6.45, 7) is 1.63. The Kier molecular flexibility index (Phi) is 5.51. The molecule has 0 atom stereocenters. The molecule has 144 valence electrons. The quantitative estimate of drug-likeness (QED) is 0.611. The van der Waals surface area contributed by atoms with Crippen LogP contribution in [0, 0.1) is 29.9 Å². The number of nitriles is 1. The highest BCUT2D eigenvalue weighted by atomic mass is 35.5. The van der Waals surface area contributed by atoms with Crippen molar-refractivity contribution in [2.45, 2.75) is 11.8 Å². The standard InChI is InChI=1S/C17H10ClF2N3O3S2/c1-9-4-10(7-21)2-3-13(9)26-14-5-12(20)15(6-11(14)19)28(24,25)23-17-22-8-16(18)27-17/h2-6,8H,1H3,(H,22,23). The average Bonchev–Trinajstić information content (AvgIpc) is 3.03. The number of nitrogens with one attached hydrogen (secondary N) is 1. The van der Waals surface area contributed by atoms with Gasteiger partial charge in [0.1, 0.15) is 20.8 Å². The van der Waals surface area contributed by atoms with Crippen LogP contribution in [0.1, 0.15) is 11.1 Å². The molecule has 3 aromatic rings. The van der Waals surface area contributed by atoms with Gasteiger partial charge < -0.3 is 4.74 Å². The largest absolute Gasteiger partial charge is 0.454 e. The van der Waals surface area contributed by atoms with Crippen molar-refractivity contribution in [1.82, 2.24) is 4.98 Å². The van der Waals surface area contributed by atoms with Gasteiger partial charge in [0.2, 0.25) is 0 Å². The Bertz CT molecular complexity index is 1210. The van der Waals surface area contributed by atoms with E-state index in [1.807, 2.05) is 10.8 Å². The molecule has 1 N–H and O–H groups in total. The Morgan fingerprint density at radius 3 is 2.57 bits per heavy atom. The lowest BCUT2D eigenvalue weighted by atomic mass is 10.1. The highest BCUT2D eigenvalue weighted by molar-refractivity contribution is 7.93. The van der Waals surface area contributed by atoms with Crippen molar-refractivity contribution in [2.75, 3.05) is 4.72 Å². The lowest BCUT2D eigenvalue weighted by molar-refractivity contribution is 0.429. The number of nitrogens with zero attached hydrogens (tertiary/aromatic N) is 2. The summed E-state index contributed by atoms with van der Waals surface area (Å²) in [5.41, 5.74) is 0.907. The fourth-order valence-corrected chi connectivity index (χ4v) is 4.34. The van der Waals surface area contributed by atoms with E-state index in [1.165, 1.54) is 24.4 Å². The summed E-state index contributed by atoms with van der Waals surface area (Å²) in [4.78, 5) is 2.81. The van der Waals surface area contributed by atoms with Gasteiger partial charge in [-0.15, -0.1) is 0 Å². The van der Waals surface area contributed by atoms with E-state index in [4.69, 9.17) is 21.6 Å². The van der Waals surface area contributed by atoms with E-state index in [9.17, 15) is 17.2 Å². The number of benzene rings is 2. The number of sulfonamides is 1. The van der Waals surface area contributed by atoms with E-state index < -0.39 is 32.3 Å². The third-order valence-electron chi connectivity index (χ3n) is 3.50. The average molecular weight is 442 g/mol. The van der Waals surface area contributed by atoms with Crippen molar-refractivity contribution < 1.29 is 21.9 Å². The van der Waals surface area contributed by atoms with Crippen molar-refractivity contribution in [1.29, 1.82) is 5.26 Å². The van der Waals surface area contributed by atoms with Crippen LogP contribution in [-0.2, 0) is 10.0 Å². The lowest BCUT2D eigenvalue weighted by Crippen LogP contribution is -2.15. The molecule has 0 saturated heterocycles. The van der Waals surface area contributed by atoms with E-state index in [-0.39, 0.29) is 15.2 Å². The number of aromatic nitrogens is 1. The second kappa shape index (κ2) is 7.71. The molecule has 0 fully saturated rings. The molecule has 0 saturated carbocycles. The Morgan fingerprint density at radius 1 is 1.21 bits per heavy atom. The monoisotopic (exact) mass is 441 g/mol. The molecule has 0 unspecified atom stereocenters. The molecule has 1 aromatic heterocycles. The van der Waals surface area contributed by atoms with Gasteiger partial charge in [-0.05, 0) is 30.7 Å². The number of halogens is 3. The summed E-state index contributed by atoms with van der Waals surface area (Å²) < 4.78 is 61.0. The van der Waals surface area contributed by atoms with Crippen LogP contribution in [-0.4, -0.2) is 13.4 Å². The molecule has 0 radical (unpaired) electrons. The second-order valence-corrected chi connectivity index (χ2v) is 8.79. The molecule has 0 aliphatic rings. The van der Waals surface area contributed by atoms with Gasteiger partial charge in [-0.3, -0.25) is 4.72 Å². The third-order valence-corrected chi connectivity index (χ3v) is 6.01. The van der Waals surface area contributed by atoms with Crippen molar-refractivity contribution in [3.05, 3.63) is 63.6 Å². The van der Waals surface area contributed by atoms with Crippen molar-refractivity contribution in [3.8, 4) is 17.6 Å². The van der Waals surface area contributed by atoms with E-state index in [2.05, 4.69) is 4.98 Å². The van der Waals surface area contributed by atoms with Crippen LogP contribution in [0.25, 0.3) is 0 Å². The van der Waals surface area contributed by atoms with E-state index in [0.29, 0.717) is 23.3 Å². The molecule has 0 amide bonds. The Balaban J connectivity index is 1.91. The van der Waals surface area contributed by atoms with Crippen LogP contribution in [0.3, 0.4) is 0 Å². The summed E-state index contributed by atoms with van der Waals surface area (Å²) in [5.74, 6) is -2.59. The van der Waals surface area contributed by atoms with Crippen molar-refractivity contribution >= 4 is 38.1 Å². The van der Waals surface area contributed by atoms with Crippen LogP contribution >= 0.6 is 22.9 Å². The SMILES string of the molecule is Cc1cc(C#N)ccc1Oc1cc(F)c(S(=O)(=O)Nc2ncc(Cl)s2)cc1F. The lowest BCUT2D eigenvalue weighted by Gasteiger charge is -2.12. The predicted molar refractivity (Wildman–Crippen MR) is 100 cm³/mol. The van der Waals surface area contributed by atoms with Crippen LogP contribution in [0.4, 0.5) is 13.9 Å². The van der Waals surface area contributed by atoms with Crippen molar-refractivity contribution in [2.24, 2.45) is 0 Å². The topological polar surface area (TPSA) is 92.1 Å². The molecule has 6 nitrogen and oxygen atoms in total. The number of aryl methyl sites for hydroxylation is 1. The van der Waals surface area contributed by atoms with E-state index >= 15 is 0 Å². The highest BCUT2D eigenvalue weighted by Gasteiger charge is 2.24. The van der Waals surface area contributed by atoms with Crippen LogP contribution in [0.2, 0.25) is 4.34 Å². The number of ether oxygens (including phenoxy) is 1. The minimum atomic E-state index is -4.43. The highest BCUT2D eigenvalue weighted by Crippen LogP contribution is 2.32.